The minimum Gasteiger partial charge on any atom is -0.451 e. The Morgan fingerprint density at radius 2 is 1.78 bits per heavy atom. The van der Waals surface area contributed by atoms with Gasteiger partial charge in [0, 0.05) is 43.3 Å². The van der Waals surface area contributed by atoms with Gasteiger partial charge in [0.2, 0.25) is 0 Å². The van der Waals surface area contributed by atoms with Gasteiger partial charge in [0.25, 0.3) is 5.91 Å². The first-order valence-electron chi connectivity index (χ1n) is 8.77. The quantitative estimate of drug-likeness (QED) is 0.697. The number of ether oxygens (including phenoxy) is 1. The summed E-state index contributed by atoms with van der Waals surface area (Å²) in [6.45, 7) is 3.56. The second kappa shape index (κ2) is 7.11. The van der Waals surface area contributed by atoms with Crippen LogP contribution in [0.5, 0.6) is 5.75 Å². The van der Waals surface area contributed by atoms with E-state index in [1.807, 2.05) is 31.2 Å². The monoisotopic (exact) mass is 365 g/mol. The Balaban J connectivity index is 1.40. The van der Waals surface area contributed by atoms with Gasteiger partial charge in [-0.05, 0) is 25.1 Å². The molecule has 0 radical (unpaired) electrons. The van der Waals surface area contributed by atoms with Crippen LogP contribution in [0.4, 0.5) is 4.79 Å². The largest absolute Gasteiger partial charge is 0.451 e. The van der Waals surface area contributed by atoms with E-state index in [-0.39, 0.29) is 5.91 Å². The summed E-state index contributed by atoms with van der Waals surface area (Å²) >= 11 is 0. The zero-order chi connectivity index (χ0) is 18.8. The molecule has 0 N–H and O–H groups in total. The molecule has 3 heterocycles. The number of hydrogen-bond donors (Lipinski definition) is 0. The van der Waals surface area contributed by atoms with Crippen molar-refractivity contribution >= 4 is 23.0 Å². The lowest BCUT2D eigenvalue weighted by atomic mass is 10.1. The zero-order valence-electron chi connectivity index (χ0n) is 14.9. The molecular formula is C20H19N3O4. The molecule has 2 amide bonds. The highest BCUT2D eigenvalue weighted by Crippen LogP contribution is 2.26. The molecule has 0 unspecified atom stereocenters. The van der Waals surface area contributed by atoms with E-state index in [1.165, 1.54) is 6.20 Å². The summed E-state index contributed by atoms with van der Waals surface area (Å²) in [5.41, 5.74) is 1.55. The third-order valence-corrected chi connectivity index (χ3v) is 4.70. The van der Waals surface area contributed by atoms with E-state index >= 15 is 0 Å². The Kier molecular flexibility index (Phi) is 4.50. The van der Waals surface area contributed by atoms with Crippen molar-refractivity contribution < 1.29 is 18.7 Å². The van der Waals surface area contributed by atoms with Crippen LogP contribution in [0.15, 0.2) is 53.2 Å². The summed E-state index contributed by atoms with van der Waals surface area (Å²) in [6, 6.07) is 11.0. The van der Waals surface area contributed by atoms with E-state index in [1.54, 1.807) is 28.1 Å². The van der Waals surface area contributed by atoms with E-state index in [0.29, 0.717) is 43.3 Å². The molecular weight excluding hydrogens is 346 g/mol. The maximum atomic E-state index is 12.8. The summed E-state index contributed by atoms with van der Waals surface area (Å²) in [5.74, 6) is 0.616. The lowest BCUT2D eigenvalue weighted by Gasteiger charge is -2.33. The van der Waals surface area contributed by atoms with Crippen molar-refractivity contribution in [1.82, 2.24) is 14.8 Å². The Hall–Kier alpha value is -3.35. The molecule has 0 spiro atoms. The molecule has 27 heavy (non-hydrogen) atoms. The van der Waals surface area contributed by atoms with Crippen LogP contribution in [0.1, 0.15) is 16.1 Å². The fraction of sp³-hybridized carbons (Fsp3) is 0.250. The van der Waals surface area contributed by atoms with Gasteiger partial charge in [-0.15, -0.1) is 0 Å². The molecule has 0 bridgehead atoms. The van der Waals surface area contributed by atoms with E-state index in [4.69, 9.17) is 9.15 Å². The second-order valence-electron chi connectivity index (χ2n) is 6.39. The predicted octanol–water partition coefficient (Wildman–Crippen LogP) is 3.09. The van der Waals surface area contributed by atoms with E-state index in [2.05, 4.69) is 4.98 Å². The topological polar surface area (TPSA) is 75.9 Å². The van der Waals surface area contributed by atoms with Crippen molar-refractivity contribution in [3.05, 3.63) is 60.1 Å². The highest BCUT2D eigenvalue weighted by atomic mass is 16.6. The van der Waals surface area contributed by atoms with Crippen LogP contribution in [0, 0.1) is 6.92 Å². The number of pyridine rings is 1. The summed E-state index contributed by atoms with van der Waals surface area (Å²) in [7, 11) is 0. The SMILES string of the molecule is Cc1c(C(=O)N2CCN(C(=O)Oc3cccnc3)CC2)oc2ccccc12. The van der Waals surface area contributed by atoms with Gasteiger partial charge in [-0.3, -0.25) is 9.78 Å². The van der Waals surface area contributed by atoms with Gasteiger partial charge in [0.05, 0.1) is 6.20 Å². The van der Waals surface area contributed by atoms with Gasteiger partial charge in [-0.25, -0.2) is 4.79 Å². The van der Waals surface area contributed by atoms with Crippen LogP contribution in [0.25, 0.3) is 11.0 Å². The number of amides is 2. The zero-order valence-corrected chi connectivity index (χ0v) is 14.9. The van der Waals surface area contributed by atoms with Crippen LogP contribution in [-0.4, -0.2) is 53.0 Å². The smallest absolute Gasteiger partial charge is 0.415 e. The molecule has 1 aliphatic heterocycles. The molecule has 0 saturated carbocycles. The summed E-state index contributed by atoms with van der Waals surface area (Å²) in [4.78, 5) is 32.3. The molecule has 0 aliphatic carbocycles. The van der Waals surface area contributed by atoms with Gasteiger partial charge in [-0.1, -0.05) is 18.2 Å². The summed E-state index contributed by atoms with van der Waals surface area (Å²) in [6.07, 6.45) is 2.67. The molecule has 1 aliphatic rings. The Morgan fingerprint density at radius 3 is 2.48 bits per heavy atom. The number of rotatable bonds is 2. The second-order valence-corrected chi connectivity index (χ2v) is 6.39. The molecule has 1 fully saturated rings. The third-order valence-electron chi connectivity index (χ3n) is 4.70. The van der Waals surface area contributed by atoms with Crippen molar-refractivity contribution in [2.24, 2.45) is 0 Å². The Labute approximate surface area is 156 Å². The van der Waals surface area contributed by atoms with Gasteiger partial charge < -0.3 is 19.0 Å². The van der Waals surface area contributed by atoms with Gasteiger partial charge in [0.15, 0.2) is 11.5 Å². The minimum absolute atomic E-state index is 0.149. The summed E-state index contributed by atoms with van der Waals surface area (Å²) < 4.78 is 11.1. The fourth-order valence-corrected chi connectivity index (χ4v) is 3.19. The lowest BCUT2D eigenvalue weighted by Crippen LogP contribution is -2.51. The number of aromatic nitrogens is 1. The van der Waals surface area contributed by atoms with E-state index in [9.17, 15) is 9.59 Å². The Bertz CT molecular complexity index is 975. The number of carbonyl (C=O) groups excluding carboxylic acids is 2. The number of para-hydroxylation sites is 1. The maximum Gasteiger partial charge on any atom is 0.415 e. The first-order valence-corrected chi connectivity index (χ1v) is 8.77. The lowest BCUT2D eigenvalue weighted by molar-refractivity contribution is 0.0605. The summed E-state index contributed by atoms with van der Waals surface area (Å²) in [5, 5.41) is 0.944. The first kappa shape index (κ1) is 17.1. The van der Waals surface area contributed by atoms with Crippen molar-refractivity contribution in [2.75, 3.05) is 26.2 Å². The molecule has 0 atom stereocenters. The number of fused-ring (bicyclic) bond motifs is 1. The standard InChI is InChI=1S/C20H19N3O4/c1-14-16-6-2-3-7-17(16)27-18(14)19(24)22-9-11-23(12-10-22)20(25)26-15-5-4-8-21-13-15/h2-8,13H,9-12H2,1H3. The minimum atomic E-state index is -0.435. The average molecular weight is 365 g/mol. The fourth-order valence-electron chi connectivity index (χ4n) is 3.19. The van der Waals surface area contributed by atoms with Crippen LogP contribution in [0.3, 0.4) is 0 Å². The van der Waals surface area contributed by atoms with Crippen molar-refractivity contribution in [1.29, 1.82) is 0 Å². The van der Waals surface area contributed by atoms with Crippen LogP contribution in [0.2, 0.25) is 0 Å². The molecule has 1 saturated heterocycles. The molecule has 138 valence electrons. The Morgan fingerprint density at radius 1 is 1.04 bits per heavy atom. The molecule has 3 aromatic rings. The predicted molar refractivity (Wildman–Crippen MR) is 98.7 cm³/mol. The molecule has 7 nitrogen and oxygen atoms in total. The van der Waals surface area contributed by atoms with Crippen molar-refractivity contribution in [3.63, 3.8) is 0 Å². The van der Waals surface area contributed by atoms with Gasteiger partial charge in [-0.2, -0.15) is 0 Å². The number of benzene rings is 1. The third kappa shape index (κ3) is 3.36. The van der Waals surface area contributed by atoms with Crippen molar-refractivity contribution in [3.8, 4) is 5.75 Å². The number of nitrogens with zero attached hydrogens (tertiary/aromatic N) is 3. The molecule has 7 heteroatoms. The van der Waals surface area contributed by atoms with Gasteiger partial charge >= 0.3 is 6.09 Å². The first-order chi connectivity index (χ1) is 13.1. The number of furan rings is 1. The number of hydrogen-bond acceptors (Lipinski definition) is 5. The highest BCUT2D eigenvalue weighted by molar-refractivity contribution is 5.99. The van der Waals surface area contributed by atoms with Crippen LogP contribution >= 0.6 is 0 Å². The van der Waals surface area contributed by atoms with Crippen LogP contribution in [-0.2, 0) is 0 Å². The van der Waals surface area contributed by atoms with Crippen LogP contribution < -0.4 is 4.74 Å². The molecule has 2 aromatic heterocycles. The molecule has 1 aromatic carbocycles. The number of aryl methyl sites for hydroxylation is 1. The number of carbonyl (C=O) groups is 2. The molecule has 4 rings (SSSR count). The highest BCUT2D eigenvalue weighted by Gasteiger charge is 2.29. The number of piperazine rings is 1. The van der Waals surface area contributed by atoms with E-state index < -0.39 is 6.09 Å². The van der Waals surface area contributed by atoms with Gasteiger partial charge in [0.1, 0.15) is 5.58 Å². The average Bonchev–Trinajstić information content (AvgIpc) is 3.05. The maximum absolute atomic E-state index is 12.8. The van der Waals surface area contributed by atoms with E-state index in [0.717, 1.165) is 10.9 Å². The normalized spacial score (nSPS) is 14.4. The van der Waals surface area contributed by atoms with Crippen molar-refractivity contribution in [2.45, 2.75) is 6.92 Å².